The molecule has 0 radical (unpaired) electrons. The molecule has 7 nitrogen and oxygen atoms in total. The van der Waals surface area contributed by atoms with E-state index in [1.165, 1.54) is 0 Å². The van der Waals surface area contributed by atoms with Crippen LogP contribution in [0.3, 0.4) is 0 Å². The van der Waals surface area contributed by atoms with Crippen LogP contribution in [0.1, 0.15) is 24.7 Å². The number of rotatable bonds is 4. The summed E-state index contributed by atoms with van der Waals surface area (Å²) in [6.07, 6.45) is 1.49. The van der Waals surface area contributed by atoms with Gasteiger partial charge in [-0.2, -0.15) is 0 Å². The standard InChI is InChI=1S/C15H16Cl2N4O3/c16-10-1-2-12(11(17)7-10)23-8-13(22)21-5-3-9(4-6-21)14-19-20-15(18)24-14/h1-2,7,9H,3-6,8H2,(H2,18,20). The number of hydrogen-bond acceptors (Lipinski definition) is 6. The number of likely N-dealkylation sites (tertiary alicyclic amines) is 1. The molecule has 1 aliphatic rings. The highest BCUT2D eigenvalue weighted by Crippen LogP contribution is 2.29. The first-order valence-electron chi connectivity index (χ1n) is 7.47. The number of nitrogen functional groups attached to an aromatic ring is 1. The monoisotopic (exact) mass is 370 g/mol. The maximum absolute atomic E-state index is 12.3. The van der Waals surface area contributed by atoms with Crippen molar-refractivity contribution in [3.63, 3.8) is 0 Å². The fraction of sp³-hybridized carbons (Fsp3) is 0.400. The van der Waals surface area contributed by atoms with E-state index in [1.807, 2.05) is 0 Å². The van der Waals surface area contributed by atoms with Gasteiger partial charge in [-0.1, -0.05) is 28.3 Å². The molecule has 1 aliphatic heterocycles. The molecule has 2 heterocycles. The molecule has 0 atom stereocenters. The maximum atomic E-state index is 12.3. The van der Waals surface area contributed by atoms with Gasteiger partial charge in [0.15, 0.2) is 6.61 Å². The van der Waals surface area contributed by atoms with Gasteiger partial charge in [0.25, 0.3) is 5.91 Å². The number of carbonyl (C=O) groups excluding carboxylic acids is 1. The molecule has 1 saturated heterocycles. The molecule has 0 saturated carbocycles. The number of hydrogen-bond donors (Lipinski definition) is 1. The van der Waals surface area contributed by atoms with E-state index in [2.05, 4.69) is 10.2 Å². The number of piperidine rings is 1. The third-order valence-corrected chi connectivity index (χ3v) is 4.43. The molecule has 0 bridgehead atoms. The third kappa shape index (κ3) is 3.91. The topological polar surface area (TPSA) is 94.5 Å². The molecule has 1 aromatic heterocycles. The van der Waals surface area contributed by atoms with E-state index in [4.69, 9.17) is 38.1 Å². The van der Waals surface area contributed by atoms with Gasteiger partial charge in [0.1, 0.15) is 5.75 Å². The first-order valence-corrected chi connectivity index (χ1v) is 8.23. The number of halogens is 2. The fourth-order valence-electron chi connectivity index (χ4n) is 2.61. The minimum absolute atomic E-state index is 0.0664. The Balaban J connectivity index is 1.50. The number of anilines is 1. The van der Waals surface area contributed by atoms with Crippen LogP contribution in [0.5, 0.6) is 5.75 Å². The highest BCUT2D eigenvalue weighted by molar-refractivity contribution is 6.35. The zero-order valence-corrected chi connectivity index (χ0v) is 14.3. The molecule has 9 heteroatoms. The van der Waals surface area contributed by atoms with Gasteiger partial charge in [0, 0.05) is 24.0 Å². The van der Waals surface area contributed by atoms with Gasteiger partial charge in [-0.05, 0) is 31.0 Å². The molecule has 1 fully saturated rings. The highest BCUT2D eigenvalue weighted by Gasteiger charge is 2.27. The molecule has 128 valence electrons. The zero-order chi connectivity index (χ0) is 17.1. The average Bonchev–Trinajstić information content (AvgIpc) is 3.00. The van der Waals surface area contributed by atoms with Crippen molar-refractivity contribution in [2.24, 2.45) is 0 Å². The Labute approximate surface area is 148 Å². The summed E-state index contributed by atoms with van der Waals surface area (Å²) < 4.78 is 10.7. The van der Waals surface area contributed by atoms with Crippen molar-refractivity contribution in [3.8, 4) is 5.75 Å². The van der Waals surface area contributed by atoms with E-state index in [0.29, 0.717) is 34.8 Å². The Bertz CT molecular complexity index is 729. The third-order valence-electron chi connectivity index (χ3n) is 3.90. The lowest BCUT2D eigenvalue weighted by Crippen LogP contribution is -2.40. The number of amides is 1. The smallest absolute Gasteiger partial charge is 0.312 e. The number of aromatic nitrogens is 2. The van der Waals surface area contributed by atoms with Crippen molar-refractivity contribution >= 4 is 35.1 Å². The summed E-state index contributed by atoms with van der Waals surface area (Å²) >= 11 is 11.8. The first kappa shape index (κ1) is 16.9. The van der Waals surface area contributed by atoms with Gasteiger partial charge in [-0.3, -0.25) is 4.79 Å². The maximum Gasteiger partial charge on any atom is 0.312 e. The number of nitrogens with two attached hydrogens (primary N) is 1. The normalized spacial score (nSPS) is 15.5. The lowest BCUT2D eigenvalue weighted by atomic mass is 9.97. The largest absolute Gasteiger partial charge is 0.482 e. The first-order chi connectivity index (χ1) is 11.5. The second-order valence-corrected chi connectivity index (χ2v) is 6.34. The molecule has 2 N–H and O–H groups in total. The second-order valence-electron chi connectivity index (χ2n) is 5.50. The van der Waals surface area contributed by atoms with Gasteiger partial charge >= 0.3 is 6.01 Å². The Morgan fingerprint density at radius 1 is 1.33 bits per heavy atom. The van der Waals surface area contributed by atoms with Crippen LogP contribution in [-0.2, 0) is 4.79 Å². The Kier molecular flexibility index (Phi) is 5.11. The summed E-state index contributed by atoms with van der Waals surface area (Å²) in [5.41, 5.74) is 5.44. The van der Waals surface area contributed by atoms with Gasteiger partial charge in [0.2, 0.25) is 5.89 Å². The van der Waals surface area contributed by atoms with Crippen molar-refractivity contribution in [3.05, 3.63) is 34.1 Å². The molecule has 0 spiro atoms. The second kappa shape index (κ2) is 7.27. The summed E-state index contributed by atoms with van der Waals surface area (Å²) in [5, 5.41) is 8.46. The molecular weight excluding hydrogens is 355 g/mol. The van der Waals surface area contributed by atoms with Crippen LogP contribution in [0.25, 0.3) is 0 Å². The Morgan fingerprint density at radius 3 is 2.71 bits per heavy atom. The number of benzene rings is 1. The fourth-order valence-corrected chi connectivity index (χ4v) is 3.07. The van der Waals surface area contributed by atoms with Gasteiger partial charge in [0.05, 0.1) is 5.02 Å². The van der Waals surface area contributed by atoms with Crippen molar-refractivity contribution in [1.29, 1.82) is 0 Å². The SMILES string of the molecule is Nc1nnc(C2CCN(C(=O)COc3ccc(Cl)cc3Cl)CC2)o1. The minimum atomic E-state index is -0.0930. The van der Waals surface area contributed by atoms with E-state index in [-0.39, 0.29) is 24.4 Å². The van der Waals surface area contributed by atoms with Crippen LogP contribution < -0.4 is 10.5 Å². The van der Waals surface area contributed by atoms with Crippen molar-refractivity contribution in [1.82, 2.24) is 15.1 Å². The summed E-state index contributed by atoms with van der Waals surface area (Å²) in [5.74, 6) is 1.00. The van der Waals surface area contributed by atoms with Gasteiger partial charge in [-0.15, -0.1) is 5.10 Å². The van der Waals surface area contributed by atoms with Crippen LogP contribution in [-0.4, -0.2) is 40.7 Å². The molecule has 1 aromatic carbocycles. The van der Waals surface area contributed by atoms with E-state index in [9.17, 15) is 4.79 Å². The summed E-state index contributed by atoms with van der Waals surface area (Å²) in [4.78, 5) is 14.0. The molecular formula is C15H16Cl2N4O3. The predicted octanol–water partition coefficient (Wildman–Crippen LogP) is 2.74. The van der Waals surface area contributed by atoms with E-state index >= 15 is 0 Å². The number of carbonyl (C=O) groups is 1. The average molecular weight is 371 g/mol. The lowest BCUT2D eigenvalue weighted by Gasteiger charge is -2.30. The molecule has 24 heavy (non-hydrogen) atoms. The molecule has 0 aliphatic carbocycles. The Hall–Kier alpha value is -1.99. The molecule has 3 rings (SSSR count). The molecule has 0 unspecified atom stereocenters. The minimum Gasteiger partial charge on any atom is -0.482 e. The van der Waals surface area contributed by atoms with Crippen LogP contribution in [0.4, 0.5) is 6.01 Å². The van der Waals surface area contributed by atoms with E-state index < -0.39 is 0 Å². The quantitative estimate of drug-likeness (QED) is 0.888. The van der Waals surface area contributed by atoms with E-state index in [1.54, 1.807) is 23.1 Å². The Morgan fingerprint density at radius 2 is 2.08 bits per heavy atom. The van der Waals surface area contributed by atoms with Crippen molar-refractivity contribution in [2.45, 2.75) is 18.8 Å². The summed E-state index contributed by atoms with van der Waals surface area (Å²) in [6, 6.07) is 4.94. The number of nitrogens with zero attached hydrogens (tertiary/aromatic N) is 3. The molecule has 1 amide bonds. The van der Waals surface area contributed by atoms with Crippen LogP contribution in [0.15, 0.2) is 22.6 Å². The van der Waals surface area contributed by atoms with Gasteiger partial charge in [-0.25, -0.2) is 0 Å². The molecule has 2 aromatic rings. The van der Waals surface area contributed by atoms with E-state index in [0.717, 1.165) is 12.8 Å². The highest BCUT2D eigenvalue weighted by atomic mass is 35.5. The number of ether oxygens (including phenoxy) is 1. The van der Waals surface area contributed by atoms with Crippen LogP contribution >= 0.6 is 23.2 Å². The van der Waals surface area contributed by atoms with Crippen molar-refractivity contribution < 1.29 is 13.9 Å². The van der Waals surface area contributed by atoms with Crippen LogP contribution in [0, 0.1) is 0 Å². The lowest BCUT2D eigenvalue weighted by molar-refractivity contribution is -0.134. The zero-order valence-electron chi connectivity index (χ0n) is 12.7. The van der Waals surface area contributed by atoms with Crippen molar-refractivity contribution in [2.75, 3.05) is 25.4 Å². The van der Waals surface area contributed by atoms with Gasteiger partial charge < -0.3 is 19.8 Å². The summed E-state index contributed by atoms with van der Waals surface area (Å²) in [6.45, 7) is 1.13. The predicted molar refractivity (Wildman–Crippen MR) is 89.2 cm³/mol. The summed E-state index contributed by atoms with van der Waals surface area (Å²) in [7, 11) is 0. The van der Waals surface area contributed by atoms with Crippen LogP contribution in [0.2, 0.25) is 10.0 Å².